The third kappa shape index (κ3) is 4.05. The Morgan fingerprint density at radius 1 is 1.20 bits per heavy atom. The Balaban J connectivity index is 1.41. The quantitative estimate of drug-likeness (QED) is 0.410. The largest absolute Gasteiger partial charge is 0.461 e. The van der Waals surface area contributed by atoms with E-state index < -0.39 is 23.0 Å². The van der Waals surface area contributed by atoms with Crippen molar-refractivity contribution >= 4 is 23.5 Å². The van der Waals surface area contributed by atoms with Gasteiger partial charge in [0, 0.05) is 40.5 Å². The second-order valence-corrected chi connectivity index (χ2v) is 14.4. The molecule has 2 aliphatic heterocycles. The number of aliphatic hydroxyl groups is 1. The summed E-state index contributed by atoms with van der Waals surface area (Å²) >= 11 is 1.75. The SMILES string of the molecule is C=C[C@]1(C)C[C@@H](OC(=O)CSC2C[C@H]3CC[C@@H](C2)N3)[C@]2(C)[C@H](C)CC[C@]3(CCC(=O)[C@H]32)[C@@H](C)[C@@H]1O. The molecule has 3 saturated carbocycles. The van der Waals surface area contributed by atoms with Crippen LogP contribution in [0.1, 0.15) is 85.5 Å². The fourth-order valence-electron chi connectivity index (χ4n) is 9.02. The Labute approximate surface area is 215 Å². The van der Waals surface area contributed by atoms with E-state index in [9.17, 15) is 14.7 Å². The number of Topliss-reactive ketones (excluding diaryl/α,β-unsaturated/α-hetero) is 1. The molecule has 196 valence electrons. The molecule has 2 N–H and O–H groups in total. The number of rotatable bonds is 5. The predicted octanol–water partition coefficient (Wildman–Crippen LogP) is 4.91. The van der Waals surface area contributed by atoms with E-state index in [2.05, 4.69) is 39.6 Å². The summed E-state index contributed by atoms with van der Waals surface area (Å²) in [5.41, 5.74) is -1.23. The van der Waals surface area contributed by atoms with Crippen LogP contribution in [0.15, 0.2) is 12.7 Å². The number of hydrogen-bond donors (Lipinski definition) is 2. The molecule has 5 nitrogen and oxygen atoms in total. The van der Waals surface area contributed by atoms with Crippen molar-refractivity contribution in [1.29, 1.82) is 0 Å². The van der Waals surface area contributed by atoms with Gasteiger partial charge in [-0.25, -0.2) is 0 Å². The van der Waals surface area contributed by atoms with Crippen LogP contribution < -0.4 is 5.32 Å². The van der Waals surface area contributed by atoms with Crippen LogP contribution in [0.3, 0.4) is 0 Å². The topological polar surface area (TPSA) is 75.6 Å². The molecule has 0 aromatic heterocycles. The van der Waals surface area contributed by atoms with Crippen molar-refractivity contribution in [2.45, 2.75) is 115 Å². The van der Waals surface area contributed by atoms with Crippen molar-refractivity contribution < 1.29 is 19.4 Å². The standard InChI is InChI=1S/C29H45NO4S/c1-6-27(4)15-23(34-24(32)16-35-21-13-19-7-8-20(14-21)30-19)28(5)17(2)9-11-29(18(3)26(27)33)12-10-22(31)25(28)29/h6,17-21,23,25-26,30,33H,1,7-16H2,2-5H3/t17-,18+,19-,20+,21?,23-,25+,26+,27-,28+,29+/m1/s1. The van der Waals surface area contributed by atoms with Gasteiger partial charge in [0.1, 0.15) is 11.9 Å². The molecular formula is C29H45NO4S. The zero-order valence-electron chi connectivity index (χ0n) is 22.1. The molecule has 5 rings (SSSR count). The average molecular weight is 504 g/mol. The highest BCUT2D eigenvalue weighted by Gasteiger charge is 2.68. The lowest BCUT2D eigenvalue weighted by Crippen LogP contribution is -2.63. The highest BCUT2D eigenvalue weighted by atomic mass is 32.2. The maximum atomic E-state index is 13.5. The zero-order chi connectivity index (χ0) is 25.2. The number of aliphatic hydroxyl groups excluding tert-OH is 1. The molecule has 2 heterocycles. The van der Waals surface area contributed by atoms with E-state index in [1.165, 1.54) is 12.8 Å². The monoisotopic (exact) mass is 503 g/mol. The van der Waals surface area contributed by atoms with Gasteiger partial charge in [-0.05, 0) is 68.6 Å². The van der Waals surface area contributed by atoms with Gasteiger partial charge in [-0.3, -0.25) is 9.59 Å². The number of carbonyl (C=O) groups excluding carboxylic acids is 2. The molecule has 1 unspecified atom stereocenters. The second-order valence-electron chi connectivity index (χ2n) is 13.1. The van der Waals surface area contributed by atoms with Crippen LogP contribution in [0.5, 0.6) is 0 Å². The molecule has 5 aliphatic rings. The number of fused-ring (bicyclic) bond motifs is 2. The summed E-state index contributed by atoms with van der Waals surface area (Å²) in [6.45, 7) is 12.7. The summed E-state index contributed by atoms with van der Waals surface area (Å²) in [4.78, 5) is 26.8. The van der Waals surface area contributed by atoms with Crippen molar-refractivity contribution in [3.05, 3.63) is 12.7 Å². The van der Waals surface area contributed by atoms with Crippen LogP contribution in [0.4, 0.5) is 0 Å². The van der Waals surface area contributed by atoms with Crippen LogP contribution in [0, 0.1) is 34.0 Å². The summed E-state index contributed by atoms with van der Waals surface area (Å²) in [5, 5.41) is 15.8. The Hall–Kier alpha value is -0.850. The van der Waals surface area contributed by atoms with E-state index in [1.807, 2.05) is 6.08 Å². The maximum absolute atomic E-state index is 13.5. The number of esters is 1. The molecule has 0 amide bonds. The molecule has 5 fully saturated rings. The van der Waals surface area contributed by atoms with E-state index in [0.29, 0.717) is 41.7 Å². The van der Waals surface area contributed by atoms with E-state index in [-0.39, 0.29) is 29.1 Å². The van der Waals surface area contributed by atoms with Gasteiger partial charge in [-0.1, -0.05) is 33.8 Å². The number of ether oxygens (including phenoxy) is 1. The van der Waals surface area contributed by atoms with Crippen LogP contribution in [-0.4, -0.2) is 52.2 Å². The van der Waals surface area contributed by atoms with Crippen molar-refractivity contribution in [1.82, 2.24) is 5.32 Å². The lowest BCUT2D eigenvalue weighted by Gasteiger charge is -2.61. The summed E-state index contributed by atoms with van der Waals surface area (Å²) in [6, 6.07) is 1.21. The van der Waals surface area contributed by atoms with Gasteiger partial charge in [-0.2, -0.15) is 0 Å². The molecule has 4 bridgehead atoms. The van der Waals surface area contributed by atoms with Gasteiger partial charge in [-0.15, -0.1) is 18.3 Å². The normalized spacial score (nSPS) is 51.3. The van der Waals surface area contributed by atoms with Crippen molar-refractivity contribution in [2.24, 2.45) is 34.0 Å². The van der Waals surface area contributed by atoms with Crippen LogP contribution in [-0.2, 0) is 14.3 Å². The smallest absolute Gasteiger partial charge is 0.316 e. The summed E-state index contributed by atoms with van der Waals surface area (Å²) in [5.74, 6) is 0.596. The third-order valence-electron chi connectivity index (χ3n) is 11.4. The minimum Gasteiger partial charge on any atom is -0.461 e. The molecular weight excluding hydrogens is 458 g/mol. The van der Waals surface area contributed by atoms with Crippen molar-refractivity contribution in [3.63, 3.8) is 0 Å². The second kappa shape index (κ2) is 9.16. The lowest BCUT2D eigenvalue weighted by molar-refractivity contribution is -0.205. The van der Waals surface area contributed by atoms with E-state index >= 15 is 0 Å². The summed E-state index contributed by atoms with van der Waals surface area (Å²) in [6.07, 6.45) is 9.48. The molecule has 6 heteroatoms. The summed E-state index contributed by atoms with van der Waals surface area (Å²) in [7, 11) is 0. The molecule has 11 atom stereocenters. The fraction of sp³-hybridized carbons (Fsp3) is 0.862. The van der Waals surface area contributed by atoms with Gasteiger partial charge in [0.05, 0.1) is 11.9 Å². The number of hydrogen-bond acceptors (Lipinski definition) is 6. The first-order valence-electron chi connectivity index (χ1n) is 13.9. The van der Waals surface area contributed by atoms with Gasteiger partial charge in [0.25, 0.3) is 0 Å². The number of nitrogens with one attached hydrogen (secondary N) is 1. The number of piperidine rings is 1. The third-order valence-corrected chi connectivity index (χ3v) is 12.7. The van der Waals surface area contributed by atoms with Gasteiger partial charge < -0.3 is 15.2 Å². The van der Waals surface area contributed by atoms with Crippen LogP contribution in [0.25, 0.3) is 0 Å². The lowest BCUT2D eigenvalue weighted by atomic mass is 9.44. The van der Waals surface area contributed by atoms with Crippen LogP contribution >= 0.6 is 11.8 Å². The van der Waals surface area contributed by atoms with E-state index in [4.69, 9.17) is 4.74 Å². The van der Waals surface area contributed by atoms with Gasteiger partial charge >= 0.3 is 5.97 Å². The first-order chi connectivity index (χ1) is 16.5. The Bertz CT molecular complexity index is 867. The minimum absolute atomic E-state index is 0.00346. The number of ketones is 1. The van der Waals surface area contributed by atoms with Gasteiger partial charge in [0.2, 0.25) is 0 Å². The first kappa shape index (κ1) is 25.8. The molecule has 0 spiro atoms. The van der Waals surface area contributed by atoms with E-state index in [1.54, 1.807) is 11.8 Å². The Morgan fingerprint density at radius 2 is 1.89 bits per heavy atom. The average Bonchev–Trinajstić information content (AvgIpc) is 3.37. The molecule has 2 saturated heterocycles. The zero-order valence-corrected chi connectivity index (χ0v) is 22.9. The summed E-state index contributed by atoms with van der Waals surface area (Å²) < 4.78 is 6.39. The molecule has 3 aliphatic carbocycles. The highest BCUT2D eigenvalue weighted by Crippen LogP contribution is 2.68. The first-order valence-corrected chi connectivity index (χ1v) is 15.0. The maximum Gasteiger partial charge on any atom is 0.316 e. The molecule has 0 aromatic rings. The minimum atomic E-state index is -0.618. The Kier molecular flexibility index (Phi) is 6.75. The highest BCUT2D eigenvalue weighted by molar-refractivity contribution is 8.00. The number of thioether (sulfide) groups is 1. The predicted molar refractivity (Wildman–Crippen MR) is 140 cm³/mol. The molecule has 0 radical (unpaired) electrons. The Morgan fingerprint density at radius 3 is 2.54 bits per heavy atom. The van der Waals surface area contributed by atoms with Gasteiger partial charge in [0.15, 0.2) is 0 Å². The van der Waals surface area contributed by atoms with E-state index in [0.717, 1.165) is 32.1 Å². The fourth-order valence-corrected chi connectivity index (χ4v) is 10.2. The molecule has 0 aromatic carbocycles. The van der Waals surface area contributed by atoms with Crippen molar-refractivity contribution in [3.8, 4) is 0 Å². The van der Waals surface area contributed by atoms with Crippen molar-refractivity contribution in [2.75, 3.05) is 5.75 Å². The number of carbonyl (C=O) groups is 2. The molecule has 35 heavy (non-hydrogen) atoms. The van der Waals surface area contributed by atoms with Crippen LogP contribution in [0.2, 0.25) is 0 Å².